The van der Waals surface area contributed by atoms with Gasteiger partial charge in [0.15, 0.2) is 0 Å². The Kier molecular flexibility index (Phi) is 7.19. The SMILES string of the molecule is CCOc1ccc(C(=O)Nc2cc(S(=O)(=O)N3CCOCC3)ccc2OC)cc1Cl. The summed E-state index contributed by atoms with van der Waals surface area (Å²) in [5, 5.41) is 3.01. The van der Waals surface area contributed by atoms with Gasteiger partial charge in [0.05, 0.1) is 42.5 Å². The van der Waals surface area contributed by atoms with Gasteiger partial charge in [0.1, 0.15) is 11.5 Å². The Morgan fingerprint density at radius 2 is 1.87 bits per heavy atom. The molecule has 1 aliphatic heterocycles. The molecule has 2 aromatic rings. The summed E-state index contributed by atoms with van der Waals surface area (Å²) < 4.78 is 43.1. The van der Waals surface area contributed by atoms with Gasteiger partial charge in [-0.15, -0.1) is 0 Å². The predicted molar refractivity (Wildman–Crippen MR) is 113 cm³/mol. The van der Waals surface area contributed by atoms with Gasteiger partial charge in [0.2, 0.25) is 10.0 Å². The molecule has 8 nitrogen and oxygen atoms in total. The van der Waals surface area contributed by atoms with Gasteiger partial charge >= 0.3 is 0 Å². The molecule has 2 aromatic carbocycles. The molecule has 0 bridgehead atoms. The molecular formula is C20H23ClN2O6S. The second kappa shape index (κ2) is 9.65. The minimum atomic E-state index is -3.72. The number of carbonyl (C=O) groups is 1. The third-order valence-electron chi connectivity index (χ3n) is 4.52. The number of ether oxygens (including phenoxy) is 3. The van der Waals surface area contributed by atoms with Crippen LogP contribution in [0.3, 0.4) is 0 Å². The highest BCUT2D eigenvalue weighted by Crippen LogP contribution is 2.31. The van der Waals surface area contributed by atoms with E-state index in [2.05, 4.69) is 5.32 Å². The largest absolute Gasteiger partial charge is 0.495 e. The van der Waals surface area contributed by atoms with Gasteiger partial charge in [-0.3, -0.25) is 4.79 Å². The van der Waals surface area contributed by atoms with E-state index in [4.69, 9.17) is 25.8 Å². The van der Waals surface area contributed by atoms with E-state index in [0.717, 1.165) is 0 Å². The Balaban J connectivity index is 1.87. The first kappa shape index (κ1) is 22.4. The highest BCUT2D eigenvalue weighted by atomic mass is 35.5. The lowest BCUT2D eigenvalue weighted by Crippen LogP contribution is -2.40. The Hall–Kier alpha value is -2.33. The third-order valence-corrected chi connectivity index (χ3v) is 6.71. The molecule has 0 spiro atoms. The zero-order chi connectivity index (χ0) is 21.7. The van der Waals surface area contributed by atoms with Crippen LogP contribution < -0.4 is 14.8 Å². The number of anilines is 1. The van der Waals surface area contributed by atoms with E-state index < -0.39 is 15.9 Å². The fraction of sp³-hybridized carbons (Fsp3) is 0.350. The average Bonchev–Trinajstić information content (AvgIpc) is 2.75. The minimum Gasteiger partial charge on any atom is -0.495 e. The van der Waals surface area contributed by atoms with Gasteiger partial charge in [-0.25, -0.2) is 8.42 Å². The third kappa shape index (κ3) is 4.86. The van der Waals surface area contributed by atoms with Crippen LogP contribution in [0, 0.1) is 0 Å². The number of hydrogen-bond donors (Lipinski definition) is 1. The summed E-state index contributed by atoms with van der Waals surface area (Å²) in [6.07, 6.45) is 0. The number of methoxy groups -OCH3 is 1. The normalized spacial score (nSPS) is 14.9. The van der Waals surface area contributed by atoms with Crippen LogP contribution in [0.1, 0.15) is 17.3 Å². The van der Waals surface area contributed by atoms with Crippen molar-refractivity contribution in [2.45, 2.75) is 11.8 Å². The molecule has 3 rings (SSSR count). The summed E-state index contributed by atoms with van der Waals surface area (Å²) in [6.45, 7) is 3.53. The summed E-state index contributed by atoms with van der Waals surface area (Å²) in [5.41, 5.74) is 0.536. The number of sulfonamides is 1. The molecule has 1 aliphatic rings. The first-order chi connectivity index (χ1) is 14.4. The molecule has 1 heterocycles. The van der Waals surface area contributed by atoms with Crippen molar-refractivity contribution in [2.24, 2.45) is 0 Å². The molecule has 30 heavy (non-hydrogen) atoms. The monoisotopic (exact) mass is 454 g/mol. The Morgan fingerprint density at radius 3 is 2.50 bits per heavy atom. The molecule has 1 fully saturated rings. The van der Waals surface area contributed by atoms with Gasteiger partial charge in [-0.2, -0.15) is 4.31 Å². The van der Waals surface area contributed by atoms with Crippen LogP contribution in [0.25, 0.3) is 0 Å². The summed E-state index contributed by atoms with van der Waals surface area (Å²) in [5.74, 6) is 0.354. The summed E-state index contributed by atoms with van der Waals surface area (Å²) in [6, 6.07) is 9.02. The Bertz CT molecular complexity index is 1020. The molecule has 0 unspecified atom stereocenters. The van der Waals surface area contributed by atoms with Crippen molar-refractivity contribution in [1.29, 1.82) is 0 Å². The maximum atomic E-state index is 12.9. The number of amides is 1. The summed E-state index contributed by atoms with van der Waals surface area (Å²) >= 11 is 6.16. The highest BCUT2D eigenvalue weighted by molar-refractivity contribution is 7.89. The van der Waals surface area contributed by atoms with Crippen LogP contribution in [-0.2, 0) is 14.8 Å². The van der Waals surface area contributed by atoms with E-state index >= 15 is 0 Å². The molecule has 0 atom stereocenters. The lowest BCUT2D eigenvalue weighted by molar-refractivity contribution is 0.0730. The van der Waals surface area contributed by atoms with Gasteiger partial charge in [-0.05, 0) is 43.3 Å². The van der Waals surface area contributed by atoms with Crippen molar-refractivity contribution in [2.75, 3.05) is 45.3 Å². The van der Waals surface area contributed by atoms with Gasteiger partial charge in [0, 0.05) is 18.7 Å². The van der Waals surface area contributed by atoms with Crippen molar-refractivity contribution in [3.05, 3.63) is 47.0 Å². The number of rotatable bonds is 7. The number of nitrogens with zero attached hydrogens (tertiary/aromatic N) is 1. The second-order valence-electron chi connectivity index (χ2n) is 6.41. The number of halogens is 1. The van der Waals surface area contributed by atoms with E-state index in [1.54, 1.807) is 12.1 Å². The smallest absolute Gasteiger partial charge is 0.255 e. The molecule has 1 saturated heterocycles. The van der Waals surface area contributed by atoms with Crippen LogP contribution in [0.15, 0.2) is 41.3 Å². The Labute approximate surface area is 180 Å². The summed E-state index contributed by atoms with van der Waals surface area (Å²) in [7, 11) is -2.28. The lowest BCUT2D eigenvalue weighted by Gasteiger charge is -2.26. The molecular weight excluding hydrogens is 432 g/mol. The lowest BCUT2D eigenvalue weighted by atomic mass is 10.2. The average molecular weight is 455 g/mol. The number of benzene rings is 2. The van der Waals surface area contributed by atoms with Crippen molar-refractivity contribution in [1.82, 2.24) is 4.31 Å². The van der Waals surface area contributed by atoms with Crippen LogP contribution >= 0.6 is 11.6 Å². The van der Waals surface area contributed by atoms with Crippen molar-refractivity contribution in [3.8, 4) is 11.5 Å². The zero-order valence-corrected chi connectivity index (χ0v) is 18.3. The zero-order valence-electron chi connectivity index (χ0n) is 16.7. The Morgan fingerprint density at radius 1 is 1.17 bits per heavy atom. The van der Waals surface area contributed by atoms with Gasteiger partial charge in [0.25, 0.3) is 5.91 Å². The van der Waals surface area contributed by atoms with Crippen molar-refractivity contribution < 1.29 is 27.4 Å². The quantitative estimate of drug-likeness (QED) is 0.691. The van der Waals surface area contributed by atoms with Crippen molar-refractivity contribution in [3.63, 3.8) is 0 Å². The molecule has 10 heteroatoms. The number of carbonyl (C=O) groups excluding carboxylic acids is 1. The van der Waals surface area contributed by atoms with E-state index in [1.165, 1.54) is 35.7 Å². The molecule has 0 saturated carbocycles. The van der Waals surface area contributed by atoms with Crippen LogP contribution in [0.4, 0.5) is 5.69 Å². The van der Waals surface area contributed by atoms with Gasteiger partial charge < -0.3 is 19.5 Å². The van der Waals surface area contributed by atoms with E-state index in [1.807, 2.05) is 6.92 Å². The fourth-order valence-electron chi connectivity index (χ4n) is 2.99. The van der Waals surface area contributed by atoms with Gasteiger partial charge in [-0.1, -0.05) is 11.6 Å². The van der Waals surface area contributed by atoms with Crippen LogP contribution in [0.2, 0.25) is 5.02 Å². The highest BCUT2D eigenvalue weighted by Gasteiger charge is 2.27. The molecule has 1 N–H and O–H groups in total. The summed E-state index contributed by atoms with van der Waals surface area (Å²) in [4.78, 5) is 12.8. The predicted octanol–water partition coefficient (Wildman–Crippen LogP) is 3.02. The molecule has 0 radical (unpaired) electrons. The number of nitrogens with one attached hydrogen (secondary N) is 1. The molecule has 0 aliphatic carbocycles. The van der Waals surface area contributed by atoms with E-state index in [0.29, 0.717) is 41.9 Å². The molecule has 0 aromatic heterocycles. The topological polar surface area (TPSA) is 94.2 Å². The van der Waals surface area contributed by atoms with Crippen molar-refractivity contribution >= 4 is 33.2 Å². The van der Waals surface area contributed by atoms with Crippen LogP contribution in [-0.4, -0.2) is 58.7 Å². The van der Waals surface area contributed by atoms with E-state index in [-0.39, 0.29) is 23.7 Å². The minimum absolute atomic E-state index is 0.0604. The maximum Gasteiger partial charge on any atom is 0.255 e. The first-order valence-corrected chi connectivity index (χ1v) is 11.2. The number of hydrogen-bond acceptors (Lipinski definition) is 6. The maximum absolute atomic E-state index is 12.9. The molecule has 162 valence electrons. The van der Waals surface area contributed by atoms with E-state index in [9.17, 15) is 13.2 Å². The first-order valence-electron chi connectivity index (χ1n) is 9.36. The van der Waals surface area contributed by atoms with Crippen LogP contribution in [0.5, 0.6) is 11.5 Å². The molecule has 1 amide bonds. The fourth-order valence-corrected chi connectivity index (χ4v) is 4.66. The second-order valence-corrected chi connectivity index (χ2v) is 8.76. The number of morpholine rings is 1. The standard InChI is InChI=1S/C20H23ClN2O6S/c1-3-29-18-6-4-14(12-16(18)21)20(24)22-17-13-15(5-7-19(17)27-2)30(25,26)23-8-10-28-11-9-23/h4-7,12-13H,3,8-11H2,1-2H3,(H,22,24).